The van der Waals surface area contributed by atoms with Crippen LogP contribution in [0.15, 0.2) is 23.1 Å². The van der Waals surface area contributed by atoms with Crippen molar-refractivity contribution >= 4 is 11.8 Å². The Morgan fingerprint density at radius 1 is 1.20 bits per heavy atom. The molecule has 3 rings (SSSR count). The van der Waals surface area contributed by atoms with Crippen molar-refractivity contribution in [2.75, 3.05) is 32.7 Å². The topological polar surface area (TPSA) is 94.9 Å². The smallest absolute Gasteiger partial charge is 0.251 e. The maximum Gasteiger partial charge on any atom is 0.251 e. The zero-order valence-electron chi connectivity index (χ0n) is 18.1. The first kappa shape index (κ1) is 22.5. The van der Waals surface area contributed by atoms with E-state index in [2.05, 4.69) is 10.2 Å². The number of aliphatic hydroxyl groups is 1. The molecular weight excluding hydrogens is 384 g/mol. The van der Waals surface area contributed by atoms with Crippen LogP contribution in [0.4, 0.5) is 0 Å². The van der Waals surface area contributed by atoms with Gasteiger partial charge >= 0.3 is 0 Å². The van der Waals surface area contributed by atoms with Gasteiger partial charge in [0, 0.05) is 58.0 Å². The van der Waals surface area contributed by atoms with Crippen LogP contribution in [-0.2, 0) is 16.1 Å². The fraction of sp³-hybridized carbons (Fsp3) is 0.682. The molecule has 2 aliphatic heterocycles. The van der Waals surface area contributed by atoms with Gasteiger partial charge in [-0.05, 0) is 50.7 Å². The van der Waals surface area contributed by atoms with Gasteiger partial charge in [-0.3, -0.25) is 14.4 Å². The highest BCUT2D eigenvalue weighted by molar-refractivity contribution is 5.76. The van der Waals surface area contributed by atoms with Crippen molar-refractivity contribution in [3.63, 3.8) is 0 Å². The second kappa shape index (κ2) is 9.75. The van der Waals surface area contributed by atoms with E-state index in [-0.39, 0.29) is 30.0 Å². The monoisotopic (exact) mass is 418 g/mol. The summed E-state index contributed by atoms with van der Waals surface area (Å²) < 4.78 is 1.44. The number of hydrogen-bond donors (Lipinski definition) is 2. The Kier molecular flexibility index (Phi) is 7.31. The van der Waals surface area contributed by atoms with E-state index in [1.54, 1.807) is 18.0 Å². The van der Waals surface area contributed by atoms with Crippen molar-refractivity contribution in [3.8, 4) is 0 Å². The van der Waals surface area contributed by atoms with Crippen molar-refractivity contribution in [3.05, 3.63) is 34.2 Å². The zero-order valence-corrected chi connectivity index (χ0v) is 18.1. The number of carbonyl (C=O) groups excluding carboxylic acids is 2. The predicted octanol–water partition coefficient (Wildman–Crippen LogP) is 0.501. The molecule has 0 saturated carbocycles. The third kappa shape index (κ3) is 6.15. The van der Waals surface area contributed by atoms with E-state index >= 15 is 0 Å². The molecule has 0 bridgehead atoms. The number of aryl methyl sites for hydroxylation is 1. The van der Waals surface area contributed by atoms with Crippen LogP contribution in [0.2, 0.25) is 0 Å². The molecule has 0 aromatic carbocycles. The first-order valence-electron chi connectivity index (χ1n) is 10.9. The molecule has 1 unspecified atom stereocenters. The SMILES string of the molecule is CC(=O)NC1CCN(CC2(O)CCCN(C(=O)Cn3ccc(C)cc3=O)CC2)CC1. The number of amides is 2. The highest BCUT2D eigenvalue weighted by Gasteiger charge is 2.34. The highest BCUT2D eigenvalue weighted by Crippen LogP contribution is 2.25. The summed E-state index contributed by atoms with van der Waals surface area (Å²) in [6, 6.07) is 3.58. The van der Waals surface area contributed by atoms with E-state index in [1.807, 2.05) is 13.0 Å². The van der Waals surface area contributed by atoms with Crippen LogP contribution < -0.4 is 10.9 Å². The zero-order chi connectivity index (χ0) is 21.7. The first-order chi connectivity index (χ1) is 14.2. The Morgan fingerprint density at radius 2 is 1.93 bits per heavy atom. The number of nitrogens with one attached hydrogen (secondary N) is 1. The lowest BCUT2D eigenvalue weighted by molar-refractivity contribution is -0.132. The number of nitrogens with zero attached hydrogens (tertiary/aromatic N) is 3. The van der Waals surface area contributed by atoms with Gasteiger partial charge in [0.2, 0.25) is 11.8 Å². The number of β-amino-alcohol motifs (C(OH)–C–C–N with tert-alkyl or cyclic N) is 1. The molecule has 30 heavy (non-hydrogen) atoms. The minimum absolute atomic E-state index is 0.00788. The quantitative estimate of drug-likeness (QED) is 0.726. The third-order valence-electron chi connectivity index (χ3n) is 6.24. The summed E-state index contributed by atoms with van der Waals surface area (Å²) in [5.74, 6) is -0.0742. The molecule has 2 aliphatic rings. The van der Waals surface area contributed by atoms with Gasteiger partial charge in [0.1, 0.15) is 6.54 Å². The minimum atomic E-state index is -0.809. The lowest BCUT2D eigenvalue weighted by atomic mass is 9.93. The Bertz CT molecular complexity index is 816. The summed E-state index contributed by atoms with van der Waals surface area (Å²) in [6.07, 6.45) is 5.39. The summed E-state index contributed by atoms with van der Waals surface area (Å²) in [7, 11) is 0. The van der Waals surface area contributed by atoms with Crippen LogP contribution >= 0.6 is 0 Å². The van der Waals surface area contributed by atoms with Crippen LogP contribution in [0.1, 0.15) is 44.6 Å². The average molecular weight is 419 g/mol. The fourth-order valence-electron chi connectivity index (χ4n) is 4.51. The Balaban J connectivity index is 1.50. The molecule has 8 heteroatoms. The third-order valence-corrected chi connectivity index (χ3v) is 6.24. The number of rotatable bonds is 5. The van der Waals surface area contributed by atoms with E-state index in [1.165, 1.54) is 10.6 Å². The highest BCUT2D eigenvalue weighted by atomic mass is 16.3. The second-order valence-corrected chi connectivity index (χ2v) is 8.88. The molecule has 2 N–H and O–H groups in total. The summed E-state index contributed by atoms with van der Waals surface area (Å²) in [5.41, 5.74) is -0.0988. The van der Waals surface area contributed by atoms with Gasteiger partial charge in [-0.25, -0.2) is 0 Å². The van der Waals surface area contributed by atoms with E-state index in [0.29, 0.717) is 32.5 Å². The van der Waals surface area contributed by atoms with Gasteiger partial charge in [0.05, 0.1) is 5.60 Å². The summed E-state index contributed by atoms with van der Waals surface area (Å²) >= 11 is 0. The molecule has 1 atom stereocenters. The van der Waals surface area contributed by atoms with E-state index < -0.39 is 5.60 Å². The van der Waals surface area contributed by atoms with Crippen molar-refractivity contribution < 1.29 is 14.7 Å². The molecule has 2 amide bonds. The molecule has 2 fully saturated rings. The van der Waals surface area contributed by atoms with Gasteiger partial charge in [-0.2, -0.15) is 0 Å². The van der Waals surface area contributed by atoms with Crippen LogP contribution in [0.25, 0.3) is 0 Å². The summed E-state index contributed by atoms with van der Waals surface area (Å²) in [6.45, 7) is 6.84. The summed E-state index contributed by atoms with van der Waals surface area (Å²) in [5, 5.41) is 14.1. The van der Waals surface area contributed by atoms with Gasteiger partial charge in [0.25, 0.3) is 5.56 Å². The molecular formula is C22H34N4O4. The predicted molar refractivity (Wildman–Crippen MR) is 114 cm³/mol. The minimum Gasteiger partial charge on any atom is -0.388 e. The number of pyridine rings is 1. The van der Waals surface area contributed by atoms with Crippen LogP contribution in [0.3, 0.4) is 0 Å². The van der Waals surface area contributed by atoms with Crippen LogP contribution in [0, 0.1) is 6.92 Å². The standard InChI is InChI=1S/C22H34N4O4/c1-17-4-12-26(20(28)14-17)15-21(29)25-9-3-7-22(30,8-13-25)16-24-10-5-19(6-11-24)23-18(2)27/h4,12,14,19,30H,3,5-11,13,15-16H2,1-2H3,(H,23,27). The molecule has 1 aromatic rings. The lowest BCUT2D eigenvalue weighted by Gasteiger charge is -2.38. The van der Waals surface area contributed by atoms with Crippen molar-refractivity contribution in [1.29, 1.82) is 0 Å². The first-order valence-corrected chi connectivity index (χ1v) is 10.9. The Hall–Kier alpha value is -2.19. The second-order valence-electron chi connectivity index (χ2n) is 8.88. The number of hydrogen-bond acceptors (Lipinski definition) is 5. The Morgan fingerprint density at radius 3 is 2.60 bits per heavy atom. The number of carbonyl (C=O) groups is 2. The van der Waals surface area contributed by atoms with Gasteiger partial charge in [-0.1, -0.05) is 0 Å². The van der Waals surface area contributed by atoms with Gasteiger partial charge in [0.15, 0.2) is 0 Å². The van der Waals surface area contributed by atoms with Gasteiger partial charge < -0.3 is 24.8 Å². The van der Waals surface area contributed by atoms with Crippen LogP contribution in [0.5, 0.6) is 0 Å². The molecule has 3 heterocycles. The average Bonchev–Trinajstić information content (AvgIpc) is 2.87. The van der Waals surface area contributed by atoms with Crippen molar-refractivity contribution in [2.24, 2.45) is 0 Å². The molecule has 8 nitrogen and oxygen atoms in total. The van der Waals surface area contributed by atoms with Crippen LogP contribution in [-0.4, -0.2) is 75.7 Å². The number of aromatic nitrogens is 1. The van der Waals surface area contributed by atoms with Gasteiger partial charge in [-0.15, -0.1) is 0 Å². The van der Waals surface area contributed by atoms with E-state index in [4.69, 9.17) is 0 Å². The maximum atomic E-state index is 12.7. The molecule has 2 saturated heterocycles. The van der Waals surface area contributed by atoms with Crippen molar-refractivity contribution in [1.82, 2.24) is 19.7 Å². The summed E-state index contributed by atoms with van der Waals surface area (Å²) in [4.78, 5) is 40.0. The van der Waals surface area contributed by atoms with E-state index in [9.17, 15) is 19.5 Å². The molecule has 1 aromatic heterocycles. The molecule has 166 valence electrons. The largest absolute Gasteiger partial charge is 0.388 e. The maximum absolute atomic E-state index is 12.7. The normalized spacial score (nSPS) is 23.8. The Labute approximate surface area is 177 Å². The number of piperidine rings is 1. The lowest BCUT2D eigenvalue weighted by Crippen LogP contribution is -2.50. The molecule has 0 radical (unpaired) electrons. The van der Waals surface area contributed by atoms with E-state index in [0.717, 1.165) is 37.9 Å². The fourth-order valence-corrected chi connectivity index (χ4v) is 4.51. The number of likely N-dealkylation sites (tertiary alicyclic amines) is 2. The van der Waals surface area contributed by atoms with Crippen molar-refractivity contribution in [2.45, 2.75) is 64.1 Å². The molecule has 0 spiro atoms. The molecule has 0 aliphatic carbocycles.